The molecule has 7 heteroatoms. The number of hydrogen-bond donors (Lipinski definition) is 1. The maximum Gasteiger partial charge on any atom is 0.349 e. The van der Waals surface area contributed by atoms with Gasteiger partial charge in [0.05, 0.1) is 12.1 Å². The number of aromatic nitrogens is 4. The van der Waals surface area contributed by atoms with Gasteiger partial charge in [0.25, 0.3) is 5.56 Å². The molecule has 6 nitrogen and oxygen atoms in total. The topological polar surface area (TPSA) is 80.6 Å². The third kappa shape index (κ3) is 2.33. The summed E-state index contributed by atoms with van der Waals surface area (Å²) in [6.07, 6.45) is 3.39. The molecule has 0 atom stereocenters. The first-order chi connectivity index (χ1) is 9.63. The van der Waals surface area contributed by atoms with Gasteiger partial charge in [0, 0.05) is 12.4 Å². The Labute approximate surface area is 118 Å². The minimum absolute atomic E-state index is 0.344. The summed E-state index contributed by atoms with van der Waals surface area (Å²) in [6, 6.07) is 6.86. The molecule has 0 bridgehead atoms. The molecule has 0 spiro atoms. The second-order valence-corrected chi connectivity index (χ2v) is 4.62. The van der Waals surface area contributed by atoms with Gasteiger partial charge in [-0.1, -0.05) is 17.7 Å². The average molecular weight is 289 g/mol. The highest BCUT2D eigenvalue weighted by Crippen LogP contribution is 2.14. The van der Waals surface area contributed by atoms with E-state index < -0.39 is 11.2 Å². The summed E-state index contributed by atoms with van der Waals surface area (Å²) in [4.78, 5) is 33.0. The molecule has 2 aliphatic rings. The Morgan fingerprint density at radius 2 is 2.10 bits per heavy atom. The fraction of sp³-hybridized carbons (Fsp3) is 0.0769. The van der Waals surface area contributed by atoms with Crippen LogP contribution in [0.3, 0.4) is 0 Å². The van der Waals surface area contributed by atoms with Crippen molar-refractivity contribution in [3.63, 3.8) is 0 Å². The van der Waals surface area contributed by atoms with Crippen molar-refractivity contribution in [2.45, 2.75) is 6.54 Å². The van der Waals surface area contributed by atoms with Gasteiger partial charge < -0.3 is 4.57 Å². The standard InChI is InChI=1S/C13H9ClN4O2/c14-10-4-3-8(6-15-10)7-18-5-1-2-9-11(18)16-13(20)17-12(9)19/h1-6H,7H2,(H,17,19,20). The summed E-state index contributed by atoms with van der Waals surface area (Å²) < 4.78 is 1.72. The van der Waals surface area contributed by atoms with Gasteiger partial charge in [-0.15, -0.1) is 0 Å². The number of halogens is 1. The maximum atomic E-state index is 11.7. The molecule has 1 N–H and O–H groups in total. The lowest BCUT2D eigenvalue weighted by molar-refractivity contribution is 0.765. The van der Waals surface area contributed by atoms with Crippen molar-refractivity contribution < 1.29 is 0 Å². The lowest BCUT2D eigenvalue weighted by Gasteiger charge is -2.12. The SMILES string of the molecule is O=c1nc2n(Cc3ccc(Cl)nc3)cccc-2c(=O)[nH]1. The van der Waals surface area contributed by atoms with Crippen LogP contribution in [-0.2, 0) is 6.54 Å². The Hall–Kier alpha value is -2.47. The predicted octanol–water partition coefficient (Wildman–Crippen LogP) is 1.13. The van der Waals surface area contributed by atoms with Gasteiger partial charge in [-0.3, -0.25) is 9.78 Å². The van der Waals surface area contributed by atoms with E-state index in [1.54, 1.807) is 35.2 Å². The van der Waals surface area contributed by atoms with Crippen LogP contribution in [-0.4, -0.2) is 19.5 Å². The van der Waals surface area contributed by atoms with E-state index in [9.17, 15) is 9.59 Å². The van der Waals surface area contributed by atoms with Crippen LogP contribution in [0.25, 0.3) is 11.4 Å². The van der Waals surface area contributed by atoms with Crippen molar-refractivity contribution >= 4 is 11.6 Å². The number of nitrogens with one attached hydrogen (secondary N) is 1. The molecule has 0 aliphatic carbocycles. The molecular formula is C13H9ClN4O2. The highest BCUT2D eigenvalue weighted by molar-refractivity contribution is 6.29. The van der Waals surface area contributed by atoms with E-state index in [0.29, 0.717) is 23.1 Å². The number of pyridine rings is 2. The molecule has 1 aromatic heterocycles. The van der Waals surface area contributed by atoms with Crippen molar-refractivity contribution in [2.75, 3.05) is 0 Å². The zero-order valence-corrected chi connectivity index (χ0v) is 11.0. The van der Waals surface area contributed by atoms with Gasteiger partial charge in [-0.2, -0.15) is 4.98 Å². The second-order valence-electron chi connectivity index (χ2n) is 4.23. The van der Waals surface area contributed by atoms with E-state index in [1.165, 1.54) is 0 Å². The van der Waals surface area contributed by atoms with E-state index in [4.69, 9.17) is 11.6 Å². The van der Waals surface area contributed by atoms with Crippen molar-refractivity contribution in [1.29, 1.82) is 0 Å². The van der Waals surface area contributed by atoms with E-state index in [2.05, 4.69) is 15.0 Å². The molecule has 0 unspecified atom stereocenters. The van der Waals surface area contributed by atoms with E-state index in [0.717, 1.165) is 5.56 Å². The van der Waals surface area contributed by atoms with Crippen LogP contribution in [0.4, 0.5) is 0 Å². The molecule has 100 valence electrons. The smallest absolute Gasteiger partial charge is 0.328 e. The number of aromatic amines is 1. The molecule has 0 radical (unpaired) electrons. The normalized spacial score (nSPS) is 10.8. The molecule has 1 aromatic rings. The van der Waals surface area contributed by atoms with E-state index in [-0.39, 0.29) is 0 Å². The molecule has 3 heterocycles. The van der Waals surface area contributed by atoms with Crippen molar-refractivity contribution in [1.82, 2.24) is 19.5 Å². The Morgan fingerprint density at radius 3 is 2.85 bits per heavy atom. The number of hydrogen-bond acceptors (Lipinski definition) is 4. The predicted molar refractivity (Wildman–Crippen MR) is 74.1 cm³/mol. The van der Waals surface area contributed by atoms with Crippen LogP contribution >= 0.6 is 11.6 Å². The first-order valence-electron chi connectivity index (χ1n) is 5.83. The zero-order valence-electron chi connectivity index (χ0n) is 10.2. The van der Waals surface area contributed by atoms with E-state index in [1.807, 2.05) is 6.07 Å². The third-order valence-electron chi connectivity index (χ3n) is 2.86. The van der Waals surface area contributed by atoms with Crippen LogP contribution < -0.4 is 11.2 Å². The first-order valence-corrected chi connectivity index (χ1v) is 6.21. The number of rotatable bonds is 2. The molecule has 0 aromatic carbocycles. The molecule has 2 aliphatic heterocycles. The molecule has 0 amide bonds. The van der Waals surface area contributed by atoms with Gasteiger partial charge >= 0.3 is 5.69 Å². The second kappa shape index (κ2) is 4.90. The molecule has 0 fully saturated rings. The summed E-state index contributed by atoms with van der Waals surface area (Å²) in [5.41, 5.74) is 0.163. The van der Waals surface area contributed by atoms with E-state index >= 15 is 0 Å². The highest BCUT2D eigenvalue weighted by atomic mass is 35.5. The molecule has 20 heavy (non-hydrogen) atoms. The minimum atomic E-state index is -0.656. The quantitative estimate of drug-likeness (QED) is 0.717. The van der Waals surface area contributed by atoms with Gasteiger partial charge in [0.1, 0.15) is 5.15 Å². The van der Waals surface area contributed by atoms with Gasteiger partial charge in [-0.05, 0) is 23.8 Å². The Kier molecular flexibility index (Phi) is 3.08. The third-order valence-corrected chi connectivity index (χ3v) is 3.08. The van der Waals surface area contributed by atoms with Crippen molar-refractivity contribution in [3.8, 4) is 11.4 Å². The Morgan fingerprint density at radius 1 is 1.25 bits per heavy atom. The van der Waals surface area contributed by atoms with Gasteiger partial charge in [0.15, 0.2) is 5.82 Å². The number of fused-ring (bicyclic) bond motifs is 1. The van der Waals surface area contributed by atoms with Gasteiger partial charge in [0.2, 0.25) is 0 Å². The van der Waals surface area contributed by atoms with Crippen LogP contribution in [0, 0.1) is 0 Å². The van der Waals surface area contributed by atoms with Gasteiger partial charge in [-0.25, -0.2) is 9.78 Å². The maximum absolute atomic E-state index is 11.7. The first kappa shape index (κ1) is 12.6. The monoisotopic (exact) mass is 288 g/mol. The fourth-order valence-electron chi connectivity index (χ4n) is 1.96. The van der Waals surface area contributed by atoms with Crippen LogP contribution in [0.1, 0.15) is 5.56 Å². The lowest BCUT2D eigenvalue weighted by atomic mass is 10.2. The van der Waals surface area contributed by atoms with Crippen LogP contribution in [0.15, 0.2) is 46.2 Å². The summed E-state index contributed by atoms with van der Waals surface area (Å²) in [5.74, 6) is 0.344. The zero-order chi connectivity index (χ0) is 14.1. The minimum Gasteiger partial charge on any atom is -0.328 e. The summed E-state index contributed by atoms with van der Waals surface area (Å²) in [5, 5.41) is 0.410. The summed E-state index contributed by atoms with van der Waals surface area (Å²) >= 11 is 5.73. The fourth-order valence-corrected chi connectivity index (χ4v) is 2.07. The Balaban J connectivity index is 2.10. The number of H-pyrrole nitrogens is 1. The average Bonchev–Trinajstić information content (AvgIpc) is 2.42. The summed E-state index contributed by atoms with van der Waals surface area (Å²) in [7, 11) is 0. The Bertz CT molecular complexity index is 838. The molecule has 0 saturated carbocycles. The number of nitrogens with zero attached hydrogens (tertiary/aromatic N) is 3. The lowest BCUT2D eigenvalue weighted by Crippen LogP contribution is -2.27. The highest BCUT2D eigenvalue weighted by Gasteiger charge is 2.12. The largest absolute Gasteiger partial charge is 0.349 e. The van der Waals surface area contributed by atoms with Crippen molar-refractivity contribution in [2.24, 2.45) is 0 Å². The summed E-state index contributed by atoms with van der Waals surface area (Å²) in [6.45, 7) is 0.442. The molecule has 0 saturated heterocycles. The molecular weight excluding hydrogens is 280 g/mol. The molecule has 3 rings (SSSR count). The van der Waals surface area contributed by atoms with Crippen LogP contribution in [0.2, 0.25) is 5.15 Å². The van der Waals surface area contributed by atoms with Crippen LogP contribution in [0.5, 0.6) is 0 Å². The van der Waals surface area contributed by atoms with Crippen molar-refractivity contribution in [3.05, 3.63) is 68.2 Å².